The third-order valence-electron chi connectivity index (χ3n) is 4.21. The van der Waals surface area contributed by atoms with Crippen LogP contribution in [0.25, 0.3) is 0 Å². The summed E-state index contributed by atoms with van der Waals surface area (Å²) in [6.45, 7) is 7.95. The number of hydrogen-bond acceptors (Lipinski definition) is 6. The maximum atomic E-state index is 11.9. The first-order chi connectivity index (χ1) is 12.1. The number of amides is 1. The van der Waals surface area contributed by atoms with Gasteiger partial charge in [0, 0.05) is 24.7 Å². The lowest BCUT2D eigenvalue weighted by atomic mass is 9.97. The third-order valence-corrected chi connectivity index (χ3v) is 4.21. The number of nitro benzene ring substituents is 1. The van der Waals surface area contributed by atoms with Crippen molar-refractivity contribution in [2.75, 3.05) is 11.4 Å². The SMILES string of the molecule is CC1CC(NC(=O)OC(C)(C)C)CCN1c1ccc(C#N)cc1[N+](=O)[O-]. The predicted octanol–water partition coefficient (Wildman–Crippen LogP) is 3.35. The Morgan fingerprint density at radius 3 is 2.69 bits per heavy atom. The summed E-state index contributed by atoms with van der Waals surface area (Å²) in [5, 5.41) is 23.2. The monoisotopic (exact) mass is 360 g/mol. The van der Waals surface area contributed by atoms with E-state index >= 15 is 0 Å². The highest BCUT2D eigenvalue weighted by Gasteiger charge is 2.31. The summed E-state index contributed by atoms with van der Waals surface area (Å²) >= 11 is 0. The summed E-state index contributed by atoms with van der Waals surface area (Å²) in [7, 11) is 0. The van der Waals surface area contributed by atoms with Gasteiger partial charge in [0.05, 0.1) is 16.6 Å². The molecule has 8 nitrogen and oxygen atoms in total. The number of nitro groups is 1. The molecule has 140 valence electrons. The van der Waals surface area contributed by atoms with E-state index in [1.807, 2.05) is 38.7 Å². The van der Waals surface area contributed by atoms with E-state index in [4.69, 9.17) is 10.00 Å². The fourth-order valence-electron chi connectivity index (χ4n) is 3.12. The number of piperidine rings is 1. The van der Waals surface area contributed by atoms with Gasteiger partial charge in [-0.1, -0.05) is 0 Å². The van der Waals surface area contributed by atoms with Crippen LogP contribution in [0.15, 0.2) is 18.2 Å². The standard InChI is InChI=1S/C18H24N4O4/c1-12-9-14(20-17(23)26-18(2,3)4)7-8-21(12)15-6-5-13(11-19)10-16(15)22(24)25/h5-6,10,12,14H,7-9H2,1-4H3,(H,20,23). The fourth-order valence-corrected chi connectivity index (χ4v) is 3.12. The predicted molar refractivity (Wildman–Crippen MR) is 97.0 cm³/mol. The molecular formula is C18H24N4O4. The van der Waals surface area contributed by atoms with Crippen LogP contribution in [-0.2, 0) is 4.74 Å². The molecule has 1 heterocycles. The van der Waals surface area contributed by atoms with E-state index in [-0.39, 0.29) is 23.3 Å². The van der Waals surface area contributed by atoms with Crippen molar-refractivity contribution in [2.24, 2.45) is 0 Å². The van der Waals surface area contributed by atoms with Gasteiger partial charge in [0.25, 0.3) is 5.69 Å². The highest BCUT2D eigenvalue weighted by Crippen LogP contribution is 2.33. The third kappa shape index (κ3) is 4.85. The van der Waals surface area contributed by atoms with Crippen LogP contribution in [0, 0.1) is 21.4 Å². The molecule has 0 bridgehead atoms. The first-order valence-corrected chi connectivity index (χ1v) is 8.55. The molecule has 1 aliphatic rings. The molecule has 8 heteroatoms. The Morgan fingerprint density at radius 1 is 1.46 bits per heavy atom. The molecule has 1 aromatic carbocycles. The van der Waals surface area contributed by atoms with Gasteiger partial charge in [-0.05, 0) is 52.7 Å². The van der Waals surface area contributed by atoms with Crippen molar-refractivity contribution in [2.45, 2.75) is 58.2 Å². The van der Waals surface area contributed by atoms with Crippen molar-refractivity contribution in [1.29, 1.82) is 5.26 Å². The molecular weight excluding hydrogens is 336 g/mol. The Kier molecular flexibility index (Phi) is 5.70. The summed E-state index contributed by atoms with van der Waals surface area (Å²) in [5.74, 6) is 0. The number of rotatable bonds is 3. The van der Waals surface area contributed by atoms with E-state index in [0.717, 1.165) is 0 Å². The molecule has 1 N–H and O–H groups in total. The van der Waals surface area contributed by atoms with Gasteiger partial charge in [0.2, 0.25) is 0 Å². The lowest BCUT2D eigenvalue weighted by Crippen LogP contribution is -2.50. The lowest BCUT2D eigenvalue weighted by molar-refractivity contribution is -0.384. The van der Waals surface area contributed by atoms with Crippen molar-refractivity contribution in [3.05, 3.63) is 33.9 Å². The fraction of sp³-hybridized carbons (Fsp3) is 0.556. The molecule has 1 aliphatic heterocycles. The number of anilines is 1. The van der Waals surface area contributed by atoms with Gasteiger partial charge in [0.15, 0.2) is 0 Å². The summed E-state index contributed by atoms with van der Waals surface area (Å²) in [5.41, 5.74) is 0.126. The number of ether oxygens (including phenoxy) is 1. The molecule has 0 aliphatic carbocycles. The lowest BCUT2D eigenvalue weighted by Gasteiger charge is -2.39. The zero-order valence-electron chi connectivity index (χ0n) is 15.5. The second kappa shape index (κ2) is 7.60. The van der Waals surface area contributed by atoms with Gasteiger partial charge in [-0.3, -0.25) is 10.1 Å². The Labute approximate surface area is 152 Å². The van der Waals surface area contributed by atoms with Crippen LogP contribution in [0.5, 0.6) is 0 Å². The van der Waals surface area contributed by atoms with Crippen LogP contribution >= 0.6 is 0 Å². The van der Waals surface area contributed by atoms with Crippen molar-refractivity contribution in [3.63, 3.8) is 0 Å². The molecule has 2 rings (SSSR count). The zero-order chi connectivity index (χ0) is 19.5. The van der Waals surface area contributed by atoms with Crippen molar-refractivity contribution >= 4 is 17.5 Å². The Hall–Kier alpha value is -2.82. The molecule has 0 saturated carbocycles. The molecule has 26 heavy (non-hydrogen) atoms. The number of carbonyl (C=O) groups is 1. The van der Waals surface area contributed by atoms with Crippen LogP contribution in [0.2, 0.25) is 0 Å². The van der Waals surface area contributed by atoms with E-state index in [1.54, 1.807) is 12.1 Å². The number of alkyl carbamates (subject to hydrolysis) is 1. The number of hydrogen-bond donors (Lipinski definition) is 1. The molecule has 1 fully saturated rings. The highest BCUT2D eigenvalue weighted by molar-refractivity contribution is 5.69. The molecule has 1 aromatic rings. The Morgan fingerprint density at radius 2 is 2.15 bits per heavy atom. The number of nitrogens with zero attached hydrogens (tertiary/aromatic N) is 3. The zero-order valence-corrected chi connectivity index (χ0v) is 15.5. The van der Waals surface area contributed by atoms with Crippen LogP contribution < -0.4 is 10.2 Å². The number of nitrogens with one attached hydrogen (secondary N) is 1. The van der Waals surface area contributed by atoms with Crippen LogP contribution in [0.1, 0.15) is 46.1 Å². The normalized spacial score (nSPS) is 20.2. The van der Waals surface area contributed by atoms with Crippen LogP contribution in [0.3, 0.4) is 0 Å². The molecule has 0 aromatic heterocycles. The van der Waals surface area contributed by atoms with Gasteiger partial charge in [-0.2, -0.15) is 5.26 Å². The first-order valence-electron chi connectivity index (χ1n) is 8.55. The smallest absolute Gasteiger partial charge is 0.407 e. The minimum absolute atomic E-state index is 0.00433. The van der Waals surface area contributed by atoms with Crippen molar-refractivity contribution < 1.29 is 14.5 Å². The number of carbonyl (C=O) groups excluding carboxylic acids is 1. The highest BCUT2D eigenvalue weighted by atomic mass is 16.6. The van der Waals surface area contributed by atoms with E-state index in [9.17, 15) is 14.9 Å². The molecule has 0 spiro atoms. The largest absolute Gasteiger partial charge is 0.444 e. The molecule has 0 radical (unpaired) electrons. The molecule has 2 atom stereocenters. The minimum atomic E-state index is -0.556. The van der Waals surface area contributed by atoms with E-state index in [1.165, 1.54) is 6.07 Å². The average molecular weight is 360 g/mol. The van der Waals surface area contributed by atoms with Gasteiger partial charge in [-0.15, -0.1) is 0 Å². The van der Waals surface area contributed by atoms with Gasteiger partial charge >= 0.3 is 6.09 Å². The number of nitriles is 1. The van der Waals surface area contributed by atoms with E-state index in [2.05, 4.69) is 5.32 Å². The van der Waals surface area contributed by atoms with E-state index in [0.29, 0.717) is 25.1 Å². The van der Waals surface area contributed by atoms with Crippen LogP contribution in [-0.4, -0.2) is 35.2 Å². The van der Waals surface area contributed by atoms with Crippen LogP contribution in [0.4, 0.5) is 16.2 Å². The molecule has 1 amide bonds. The summed E-state index contributed by atoms with van der Waals surface area (Å²) in [6.07, 6.45) is 0.851. The summed E-state index contributed by atoms with van der Waals surface area (Å²) in [6, 6.07) is 6.38. The van der Waals surface area contributed by atoms with Gasteiger partial charge in [0.1, 0.15) is 11.3 Å². The Balaban J connectivity index is 2.09. The van der Waals surface area contributed by atoms with Gasteiger partial charge in [-0.25, -0.2) is 4.79 Å². The summed E-state index contributed by atoms with van der Waals surface area (Å²) < 4.78 is 5.28. The van der Waals surface area contributed by atoms with Crippen molar-refractivity contribution in [1.82, 2.24) is 5.32 Å². The average Bonchev–Trinajstić information content (AvgIpc) is 2.52. The van der Waals surface area contributed by atoms with E-state index < -0.39 is 16.6 Å². The summed E-state index contributed by atoms with van der Waals surface area (Å²) in [4.78, 5) is 24.8. The number of benzene rings is 1. The topological polar surface area (TPSA) is 108 Å². The molecule has 1 saturated heterocycles. The first kappa shape index (κ1) is 19.5. The molecule has 2 unspecified atom stereocenters. The second-order valence-corrected chi connectivity index (χ2v) is 7.48. The second-order valence-electron chi connectivity index (χ2n) is 7.48. The Bertz CT molecular complexity index is 736. The minimum Gasteiger partial charge on any atom is -0.444 e. The quantitative estimate of drug-likeness (QED) is 0.654. The van der Waals surface area contributed by atoms with Crippen molar-refractivity contribution in [3.8, 4) is 6.07 Å². The van der Waals surface area contributed by atoms with Gasteiger partial charge < -0.3 is 15.0 Å². The maximum absolute atomic E-state index is 11.9. The maximum Gasteiger partial charge on any atom is 0.407 e.